The molecule has 4 heteroatoms. The first-order valence-electron chi connectivity index (χ1n) is 5.14. The van der Waals surface area contributed by atoms with E-state index >= 15 is 0 Å². The summed E-state index contributed by atoms with van der Waals surface area (Å²) in [7, 11) is 0. The van der Waals surface area contributed by atoms with Gasteiger partial charge < -0.3 is 9.84 Å². The molecule has 0 spiro atoms. The van der Waals surface area contributed by atoms with Crippen LogP contribution in [0.25, 0.3) is 0 Å². The first-order chi connectivity index (χ1) is 7.62. The maximum absolute atomic E-state index is 11.7. The SMILES string of the molecule is CCOC(=O)[C@](C)(CO)Sc1ccccc1. The number of thioether (sulfide) groups is 1. The topological polar surface area (TPSA) is 46.5 Å². The number of carbonyl (C=O) groups is 1. The van der Waals surface area contributed by atoms with Crippen LogP contribution in [0.4, 0.5) is 0 Å². The Balaban J connectivity index is 2.78. The molecule has 0 heterocycles. The largest absolute Gasteiger partial charge is 0.465 e. The lowest BCUT2D eigenvalue weighted by Crippen LogP contribution is -2.37. The Hall–Kier alpha value is -1.00. The van der Waals surface area contributed by atoms with Gasteiger partial charge in [-0.2, -0.15) is 0 Å². The van der Waals surface area contributed by atoms with E-state index in [2.05, 4.69) is 0 Å². The van der Waals surface area contributed by atoms with E-state index in [1.165, 1.54) is 11.8 Å². The first-order valence-corrected chi connectivity index (χ1v) is 5.96. The molecule has 0 aromatic heterocycles. The lowest BCUT2D eigenvalue weighted by molar-refractivity contribution is -0.146. The highest BCUT2D eigenvalue weighted by Crippen LogP contribution is 2.33. The number of aliphatic hydroxyl groups excluding tert-OH is 1. The van der Waals surface area contributed by atoms with Crippen molar-refractivity contribution in [2.45, 2.75) is 23.5 Å². The van der Waals surface area contributed by atoms with Crippen LogP contribution in [0.2, 0.25) is 0 Å². The molecule has 0 bridgehead atoms. The summed E-state index contributed by atoms with van der Waals surface area (Å²) in [6.07, 6.45) is 0. The Morgan fingerprint density at radius 2 is 2.06 bits per heavy atom. The molecular weight excluding hydrogens is 224 g/mol. The second-order valence-corrected chi connectivity index (χ2v) is 5.10. The van der Waals surface area contributed by atoms with Crippen LogP contribution in [0.3, 0.4) is 0 Å². The van der Waals surface area contributed by atoms with Gasteiger partial charge in [0.1, 0.15) is 4.75 Å². The second-order valence-electron chi connectivity index (χ2n) is 3.52. The minimum atomic E-state index is -0.933. The average molecular weight is 240 g/mol. The number of rotatable bonds is 5. The van der Waals surface area contributed by atoms with E-state index in [9.17, 15) is 9.90 Å². The quantitative estimate of drug-likeness (QED) is 0.632. The van der Waals surface area contributed by atoms with Gasteiger partial charge in [-0.15, -0.1) is 11.8 Å². The van der Waals surface area contributed by atoms with E-state index in [-0.39, 0.29) is 12.6 Å². The van der Waals surface area contributed by atoms with Gasteiger partial charge in [0.15, 0.2) is 0 Å². The average Bonchev–Trinajstić information content (AvgIpc) is 2.30. The molecule has 0 amide bonds. The van der Waals surface area contributed by atoms with Crippen molar-refractivity contribution in [3.05, 3.63) is 30.3 Å². The Labute approximate surface area is 99.8 Å². The van der Waals surface area contributed by atoms with E-state index in [0.717, 1.165) is 4.90 Å². The lowest BCUT2D eigenvalue weighted by atomic mass is 10.2. The van der Waals surface area contributed by atoms with Crippen LogP contribution in [-0.4, -0.2) is 29.0 Å². The summed E-state index contributed by atoms with van der Waals surface area (Å²) in [5.41, 5.74) is 0. The van der Waals surface area contributed by atoms with Gasteiger partial charge in [-0.3, -0.25) is 4.79 Å². The molecule has 1 aromatic carbocycles. The zero-order chi connectivity index (χ0) is 12.0. The minimum absolute atomic E-state index is 0.245. The molecule has 0 unspecified atom stereocenters. The number of carbonyl (C=O) groups excluding carboxylic acids is 1. The summed E-state index contributed by atoms with van der Waals surface area (Å²) < 4.78 is 4.02. The molecule has 1 aromatic rings. The molecular formula is C12H16O3S. The highest BCUT2D eigenvalue weighted by molar-refractivity contribution is 8.01. The van der Waals surface area contributed by atoms with Crippen molar-refractivity contribution < 1.29 is 14.6 Å². The van der Waals surface area contributed by atoms with Crippen LogP contribution in [0.15, 0.2) is 35.2 Å². The Morgan fingerprint density at radius 1 is 1.44 bits per heavy atom. The van der Waals surface area contributed by atoms with Crippen molar-refractivity contribution in [3.63, 3.8) is 0 Å². The van der Waals surface area contributed by atoms with E-state index in [4.69, 9.17) is 4.74 Å². The Bertz CT molecular complexity index is 339. The van der Waals surface area contributed by atoms with Crippen LogP contribution in [0, 0.1) is 0 Å². The Kier molecular flexibility index (Phi) is 4.83. The van der Waals surface area contributed by atoms with Crippen molar-refractivity contribution in [3.8, 4) is 0 Å². The molecule has 1 rings (SSSR count). The van der Waals surface area contributed by atoms with Gasteiger partial charge in [0, 0.05) is 4.90 Å². The summed E-state index contributed by atoms with van der Waals surface area (Å²) in [5.74, 6) is -0.383. The fourth-order valence-electron chi connectivity index (χ4n) is 1.17. The molecule has 88 valence electrons. The molecule has 0 aliphatic rings. The molecule has 0 fully saturated rings. The number of aliphatic hydroxyl groups is 1. The van der Waals surface area contributed by atoms with Crippen molar-refractivity contribution in [1.82, 2.24) is 0 Å². The van der Waals surface area contributed by atoms with Gasteiger partial charge in [-0.1, -0.05) is 18.2 Å². The smallest absolute Gasteiger partial charge is 0.324 e. The van der Waals surface area contributed by atoms with Crippen molar-refractivity contribution >= 4 is 17.7 Å². The molecule has 1 atom stereocenters. The third kappa shape index (κ3) is 3.25. The normalized spacial score (nSPS) is 14.2. The van der Waals surface area contributed by atoms with Gasteiger partial charge in [0.05, 0.1) is 13.2 Å². The van der Waals surface area contributed by atoms with Gasteiger partial charge in [-0.05, 0) is 26.0 Å². The number of benzene rings is 1. The number of hydrogen-bond donors (Lipinski definition) is 1. The lowest BCUT2D eigenvalue weighted by Gasteiger charge is -2.23. The highest BCUT2D eigenvalue weighted by Gasteiger charge is 2.35. The standard InChI is InChI=1S/C12H16O3S/c1-3-15-11(14)12(2,9-13)16-10-7-5-4-6-8-10/h4-8,13H,3,9H2,1-2H3/t12-/m0/s1. The first kappa shape index (κ1) is 13.1. The summed E-state index contributed by atoms with van der Waals surface area (Å²) in [4.78, 5) is 12.6. The zero-order valence-corrected chi connectivity index (χ0v) is 10.3. The predicted octanol–water partition coefficient (Wildman–Crippen LogP) is 2.09. The highest BCUT2D eigenvalue weighted by atomic mass is 32.2. The number of hydrogen-bond acceptors (Lipinski definition) is 4. The molecule has 0 aliphatic heterocycles. The summed E-state index contributed by atoms with van der Waals surface area (Å²) in [6, 6.07) is 9.50. The third-order valence-corrected chi connectivity index (χ3v) is 3.35. The van der Waals surface area contributed by atoms with Crippen molar-refractivity contribution in [1.29, 1.82) is 0 Å². The van der Waals surface area contributed by atoms with Crippen LogP contribution in [0.5, 0.6) is 0 Å². The van der Waals surface area contributed by atoms with E-state index in [0.29, 0.717) is 6.61 Å². The maximum atomic E-state index is 11.7. The Morgan fingerprint density at radius 3 is 2.56 bits per heavy atom. The van der Waals surface area contributed by atoms with Gasteiger partial charge in [-0.25, -0.2) is 0 Å². The predicted molar refractivity (Wildman–Crippen MR) is 64.4 cm³/mol. The van der Waals surface area contributed by atoms with Crippen LogP contribution in [-0.2, 0) is 9.53 Å². The number of esters is 1. The van der Waals surface area contributed by atoms with Crippen LogP contribution in [0.1, 0.15) is 13.8 Å². The van der Waals surface area contributed by atoms with E-state index in [1.54, 1.807) is 13.8 Å². The van der Waals surface area contributed by atoms with Gasteiger partial charge in [0.2, 0.25) is 0 Å². The molecule has 0 aliphatic carbocycles. The number of ether oxygens (including phenoxy) is 1. The molecule has 1 N–H and O–H groups in total. The monoisotopic (exact) mass is 240 g/mol. The van der Waals surface area contributed by atoms with Crippen molar-refractivity contribution in [2.75, 3.05) is 13.2 Å². The third-order valence-electron chi connectivity index (χ3n) is 2.10. The van der Waals surface area contributed by atoms with Gasteiger partial charge >= 0.3 is 5.97 Å². The van der Waals surface area contributed by atoms with Crippen molar-refractivity contribution in [2.24, 2.45) is 0 Å². The fraction of sp³-hybridized carbons (Fsp3) is 0.417. The summed E-state index contributed by atoms with van der Waals surface area (Å²) >= 11 is 1.31. The summed E-state index contributed by atoms with van der Waals surface area (Å²) in [5, 5.41) is 9.32. The minimum Gasteiger partial charge on any atom is -0.465 e. The van der Waals surface area contributed by atoms with E-state index < -0.39 is 4.75 Å². The zero-order valence-electron chi connectivity index (χ0n) is 9.47. The molecule has 3 nitrogen and oxygen atoms in total. The second kappa shape index (κ2) is 5.92. The summed E-state index contributed by atoms with van der Waals surface area (Å²) in [6.45, 7) is 3.51. The molecule has 0 radical (unpaired) electrons. The van der Waals surface area contributed by atoms with E-state index in [1.807, 2.05) is 30.3 Å². The maximum Gasteiger partial charge on any atom is 0.324 e. The van der Waals surface area contributed by atoms with Crippen LogP contribution >= 0.6 is 11.8 Å². The fourth-order valence-corrected chi connectivity index (χ4v) is 2.19. The molecule has 0 saturated carbocycles. The molecule has 16 heavy (non-hydrogen) atoms. The van der Waals surface area contributed by atoms with Gasteiger partial charge in [0.25, 0.3) is 0 Å². The van der Waals surface area contributed by atoms with Crippen LogP contribution < -0.4 is 0 Å². The molecule has 0 saturated heterocycles.